The zero-order chi connectivity index (χ0) is 39.0. The normalized spacial score (nSPS) is 12.8. The van der Waals surface area contributed by atoms with E-state index in [2.05, 4.69) is 58.9 Å². The smallest absolute Gasteiger partial charge is 0.144 e. The first kappa shape index (κ1) is 51.7. The van der Waals surface area contributed by atoms with Crippen LogP contribution in [0.5, 0.6) is 0 Å². The molecule has 0 N–H and O–H groups in total. The van der Waals surface area contributed by atoms with Crippen LogP contribution in [-0.2, 0) is 19.3 Å². The van der Waals surface area contributed by atoms with E-state index < -0.39 is 5.92 Å². The molecule has 0 saturated carbocycles. The summed E-state index contributed by atoms with van der Waals surface area (Å²) in [6.45, 7) is 16.1. The van der Waals surface area contributed by atoms with Crippen LogP contribution >= 0.6 is 0 Å². The molecule has 0 aliphatic rings. The van der Waals surface area contributed by atoms with Crippen molar-refractivity contribution >= 4 is 11.6 Å². The maximum absolute atomic E-state index is 13.5. The van der Waals surface area contributed by atoms with Gasteiger partial charge in [0.15, 0.2) is 0 Å². The van der Waals surface area contributed by atoms with Gasteiger partial charge in [-0.2, -0.15) is 10.1 Å². The second-order valence-corrected chi connectivity index (χ2v) is 15.6. The number of nitrogens with zero attached hydrogens (tertiary/aromatic N) is 2. The van der Waals surface area contributed by atoms with Gasteiger partial charge in [0.1, 0.15) is 11.6 Å². The molecule has 0 heterocycles. The van der Waals surface area contributed by atoms with Crippen LogP contribution in [0.1, 0.15) is 221 Å². The molecule has 0 aliphatic carbocycles. The lowest BCUT2D eigenvalue weighted by atomic mass is 9.91. The highest BCUT2D eigenvalue weighted by atomic mass is 16.8. The predicted octanol–water partition coefficient (Wildman–Crippen LogP) is 13.7. The molecule has 0 aromatic carbocycles. The number of hydrogen-bond acceptors (Lipinski definition) is 6. The van der Waals surface area contributed by atoms with Gasteiger partial charge < -0.3 is 4.74 Å². The van der Waals surface area contributed by atoms with E-state index >= 15 is 0 Å². The van der Waals surface area contributed by atoms with Crippen LogP contribution < -0.4 is 0 Å². The Kier molecular flexibility index (Phi) is 39.3. The molecule has 53 heavy (non-hydrogen) atoms. The number of hydroxylamine groups is 4. The molecule has 0 aromatic heterocycles. The highest BCUT2D eigenvalue weighted by molar-refractivity contribution is 6.02. The molecule has 1 atom stereocenters. The first-order chi connectivity index (χ1) is 25.9. The molecule has 0 aromatic rings. The summed E-state index contributed by atoms with van der Waals surface area (Å²) in [6, 6.07) is 0. The maximum Gasteiger partial charge on any atom is 0.144 e. The minimum atomic E-state index is -0.586. The third kappa shape index (κ3) is 34.9. The van der Waals surface area contributed by atoms with E-state index in [0.29, 0.717) is 32.0 Å². The Labute approximate surface area is 330 Å². The fourth-order valence-corrected chi connectivity index (χ4v) is 6.75. The summed E-state index contributed by atoms with van der Waals surface area (Å²) in [6.07, 6.45) is 42.5. The summed E-state index contributed by atoms with van der Waals surface area (Å²) < 4.78 is 5.61. The highest BCUT2D eigenvalue weighted by Crippen LogP contribution is 2.18. The monoisotopic (exact) mass is 747 g/mol. The fraction of sp³-hybridized carbons (Fsp3) is 0.872. The van der Waals surface area contributed by atoms with Gasteiger partial charge in [0, 0.05) is 45.6 Å². The van der Waals surface area contributed by atoms with Gasteiger partial charge in [0.25, 0.3) is 0 Å². The second kappa shape index (κ2) is 40.3. The third-order valence-electron chi connectivity index (χ3n) is 10.3. The summed E-state index contributed by atoms with van der Waals surface area (Å²) in [5, 5.41) is 3.69. The Morgan fingerprint density at radius 2 is 0.830 bits per heavy atom. The van der Waals surface area contributed by atoms with Crippen LogP contribution in [0.2, 0.25) is 0 Å². The van der Waals surface area contributed by atoms with E-state index in [1.807, 2.05) is 17.1 Å². The number of unbranched alkanes of at least 4 members (excludes halogenated alkanes) is 22. The van der Waals surface area contributed by atoms with E-state index in [9.17, 15) is 9.59 Å². The molecule has 0 bridgehead atoms. The molecule has 1 unspecified atom stereocenters. The quantitative estimate of drug-likeness (QED) is 0.0268. The van der Waals surface area contributed by atoms with Crippen molar-refractivity contribution < 1.29 is 19.3 Å². The lowest BCUT2D eigenvalue weighted by Crippen LogP contribution is -2.42. The van der Waals surface area contributed by atoms with Gasteiger partial charge in [-0.1, -0.05) is 148 Å². The van der Waals surface area contributed by atoms with Crippen molar-refractivity contribution in [2.24, 2.45) is 5.92 Å². The lowest BCUT2D eigenvalue weighted by molar-refractivity contribution is -0.322. The SMILES string of the molecule is CCCCCCCC/C=C\CCCCCCCC(=O)C(CN(CC)ON(CC)CC)C(=O)CCCCCCC/C=C\CCCCCCCCOC(C)C. The average molecular weight is 747 g/mol. The molecule has 6 nitrogen and oxygen atoms in total. The maximum atomic E-state index is 13.5. The molecule has 0 spiro atoms. The third-order valence-corrected chi connectivity index (χ3v) is 10.3. The van der Waals surface area contributed by atoms with Crippen molar-refractivity contribution in [3.63, 3.8) is 0 Å². The van der Waals surface area contributed by atoms with Gasteiger partial charge in [-0.3, -0.25) is 9.59 Å². The molecule has 0 aliphatic heterocycles. The minimum Gasteiger partial charge on any atom is -0.379 e. The van der Waals surface area contributed by atoms with Crippen LogP contribution in [0, 0.1) is 5.92 Å². The number of rotatable bonds is 42. The Balaban J connectivity index is 4.32. The van der Waals surface area contributed by atoms with Crippen molar-refractivity contribution in [3.8, 4) is 0 Å². The van der Waals surface area contributed by atoms with Gasteiger partial charge in [-0.05, 0) is 84.5 Å². The highest BCUT2D eigenvalue weighted by Gasteiger charge is 2.28. The number of carbonyl (C=O) groups excluding carboxylic acids is 2. The molecular weight excluding hydrogens is 657 g/mol. The van der Waals surface area contributed by atoms with Crippen LogP contribution in [0.3, 0.4) is 0 Å². The van der Waals surface area contributed by atoms with Gasteiger partial charge in [0.05, 0.1) is 12.0 Å². The molecule has 0 radical (unpaired) electrons. The van der Waals surface area contributed by atoms with E-state index in [-0.39, 0.29) is 11.6 Å². The molecule has 0 fully saturated rings. The number of Topliss-reactive ketones (excluding diaryl/α,β-unsaturated/α-hetero) is 2. The van der Waals surface area contributed by atoms with Crippen LogP contribution in [-0.4, -0.2) is 60.6 Å². The number of ketones is 2. The second-order valence-electron chi connectivity index (χ2n) is 15.6. The first-order valence-corrected chi connectivity index (χ1v) is 23.0. The molecule has 0 amide bonds. The van der Waals surface area contributed by atoms with Gasteiger partial charge in [0.2, 0.25) is 0 Å². The Morgan fingerprint density at radius 1 is 0.472 bits per heavy atom. The van der Waals surface area contributed by atoms with Crippen molar-refractivity contribution in [1.29, 1.82) is 0 Å². The zero-order valence-electron chi connectivity index (χ0n) is 36.3. The summed E-state index contributed by atoms with van der Waals surface area (Å²) in [7, 11) is 0. The molecule has 312 valence electrons. The van der Waals surface area contributed by atoms with Crippen molar-refractivity contribution in [2.75, 3.05) is 32.8 Å². The van der Waals surface area contributed by atoms with Crippen LogP contribution in [0.15, 0.2) is 24.3 Å². The Hall–Kier alpha value is -1.34. The molecular formula is C47H90N2O4. The van der Waals surface area contributed by atoms with Gasteiger partial charge in [-0.15, -0.1) is 0 Å². The summed E-state index contributed by atoms with van der Waals surface area (Å²) in [5.74, 6) is -0.377. The largest absolute Gasteiger partial charge is 0.379 e. The van der Waals surface area contributed by atoms with E-state index in [0.717, 1.165) is 71.1 Å². The summed E-state index contributed by atoms with van der Waals surface area (Å²) >= 11 is 0. The fourth-order valence-electron chi connectivity index (χ4n) is 6.75. The van der Waals surface area contributed by atoms with Crippen molar-refractivity contribution in [3.05, 3.63) is 24.3 Å². The Bertz CT molecular complexity index is 853. The van der Waals surface area contributed by atoms with Crippen molar-refractivity contribution in [1.82, 2.24) is 10.1 Å². The zero-order valence-corrected chi connectivity index (χ0v) is 36.3. The van der Waals surface area contributed by atoms with Gasteiger partial charge in [-0.25, -0.2) is 4.94 Å². The topological polar surface area (TPSA) is 59.1 Å². The van der Waals surface area contributed by atoms with Crippen LogP contribution in [0.4, 0.5) is 0 Å². The molecule has 0 saturated heterocycles. The van der Waals surface area contributed by atoms with E-state index in [1.54, 1.807) is 0 Å². The van der Waals surface area contributed by atoms with Crippen LogP contribution in [0.25, 0.3) is 0 Å². The number of carbonyl (C=O) groups is 2. The molecule has 0 rings (SSSR count). The van der Waals surface area contributed by atoms with Crippen molar-refractivity contribution in [2.45, 2.75) is 227 Å². The molecule has 6 heteroatoms. The van der Waals surface area contributed by atoms with E-state index in [1.165, 1.54) is 116 Å². The van der Waals surface area contributed by atoms with E-state index in [4.69, 9.17) is 9.68 Å². The standard InChI is InChI=1S/C47H90N2O4/c1-7-11-12-13-14-15-16-17-19-22-25-28-31-34-37-40-46(50)45(43-49(10-4)53-48(8-2)9-3)47(51)41-38-35-32-29-26-23-20-18-21-24-27-30-33-36-39-42-52-44(5)6/h17-20,44-45H,7-16,21-43H2,1-6H3/b19-17-,20-18-. The Morgan fingerprint density at radius 3 is 1.21 bits per heavy atom. The number of allylic oxidation sites excluding steroid dienone is 4. The summed E-state index contributed by atoms with van der Waals surface area (Å²) in [5.41, 5.74) is 0. The minimum absolute atomic E-state index is 0.104. The predicted molar refractivity (Wildman–Crippen MR) is 229 cm³/mol. The number of ether oxygens (including phenoxy) is 1. The lowest BCUT2D eigenvalue weighted by Gasteiger charge is -2.29. The number of hydrogen-bond donors (Lipinski definition) is 0. The first-order valence-electron chi connectivity index (χ1n) is 23.0. The van der Waals surface area contributed by atoms with Gasteiger partial charge >= 0.3 is 0 Å². The average Bonchev–Trinajstić information content (AvgIpc) is 3.15. The summed E-state index contributed by atoms with van der Waals surface area (Å²) in [4.78, 5) is 33.0.